The molecule has 3 aromatic rings. The van der Waals surface area contributed by atoms with E-state index in [1.54, 1.807) is 6.20 Å². The summed E-state index contributed by atoms with van der Waals surface area (Å²) in [6.07, 6.45) is 1.68. The zero-order valence-corrected chi connectivity index (χ0v) is 16.5. The summed E-state index contributed by atoms with van der Waals surface area (Å²) in [5.41, 5.74) is 6.13. The van der Waals surface area contributed by atoms with E-state index in [4.69, 9.17) is 4.74 Å². The number of amides is 2. The number of hydrogen-bond acceptors (Lipinski definition) is 3. The minimum atomic E-state index is -0.237. The molecule has 0 saturated carbocycles. The minimum absolute atomic E-state index is 0.237. The molecule has 0 spiro atoms. The third-order valence-corrected chi connectivity index (χ3v) is 4.40. The third-order valence-electron chi connectivity index (χ3n) is 4.40. The van der Waals surface area contributed by atoms with E-state index in [0.717, 1.165) is 27.9 Å². The van der Waals surface area contributed by atoms with Gasteiger partial charge in [-0.15, -0.1) is 0 Å². The van der Waals surface area contributed by atoms with Crippen LogP contribution in [0.3, 0.4) is 0 Å². The summed E-state index contributed by atoms with van der Waals surface area (Å²) in [4.78, 5) is 16.5. The number of hydrogen-bond donors (Lipinski definition) is 2. The van der Waals surface area contributed by atoms with Crippen LogP contribution < -0.4 is 15.4 Å². The topological polar surface area (TPSA) is 63.2 Å². The smallest absolute Gasteiger partial charge is 0.319 e. The summed E-state index contributed by atoms with van der Waals surface area (Å²) in [7, 11) is 0. The van der Waals surface area contributed by atoms with Gasteiger partial charge >= 0.3 is 6.03 Å². The van der Waals surface area contributed by atoms with Gasteiger partial charge in [0.1, 0.15) is 6.61 Å². The molecule has 28 heavy (non-hydrogen) atoms. The Hall–Kier alpha value is -3.34. The highest BCUT2D eigenvalue weighted by molar-refractivity contribution is 5.91. The Morgan fingerprint density at radius 2 is 1.68 bits per heavy atom. The summed E-state index contributed by atoms with van der Waals surface area (Å²) in [6, 6.07) is 17.5. The van der Waals surface area contributed by atoms with E-state index < -0.39 is 0 Å². The van der Waals surface area contributed by atoms with Crippen molar-refractivity contribution in [2.75, 3.05) is 5.32 Å². The predicted octanol–water partition coefficient (Wildman–Crippen LogP) is 4.91. The molecular weight excluding hydrogens is 350 g/mol. The van der Waals surface area contributed by atoms with Gasteiger partial charge in [-0.3, -0.25) is 0 Å². The lowest BCUT2D eigenvalue weighted by atomic mass is 10.1. The molecule has 0 unspecified atom stereocenters. The number of nitrogens with zero attached hydrogens (tertiary/aromatic N) is 1. The third kappa shape index (κ3) is 5.33. The van der Waals surface area contributed by atoms with Gasteiger partial charge in [-0.1, -0.05) is 48.0 Å². The number of ether oxygens (including phenoxy) is 1. The van der Waals surface area contributed by atoms with Crippen molar-refractivity contribution in [2.24, 2.45) is 0 Å². The van der Waals surface area contributed by atoms with Crippen molar-refractivity contribution >= 4 is 11.7 Å². The molecule has 2 amide bonds. The summed E-state index contributed by atoms with van der Waals surface area (Å²) >= 11 is 0. The molecule has 0 atom stereocenters. The van der Waals surface area contributed by atoms with E-state index in [2.05, 4.69) is 27.8 Å². The highest BCUT2D eigenvalue weighted by Gasteiger charge is 2.08. The fraction of sp³-hybridized carbons (Fsp3) is 0.217. The van der Waals surface area contributed by atoms with Crippen LogP contribution in [0.1, 0.15) is 27.8 Å². The van der Waals surface area contributed by atoms with Gasteiger partial charge in [0.25, 0.3) is 0 Å². The van der Waals surface area contributed by atoms with Crippen LogP contribution in [0, 0.1) is 20.8 Å². The van der Waals surface area contributed by atoms with Crippen molar-refractivity contribution in [1.29, 1.82) is 0 Å². The molecule has 3 rings (SSSR count). The Morgan fingerprint density at radius 3 is 2.39 bits per heavy atom. The van der Waals surface area contributed by atoms with E-state index in [0.29, 0.717) is 19.0 Å². The van der Waals surface area contributed by atoms with Gasteiger partial charge in [-0.05, 0) is 49.1 Å². The summed E-state index contributed by atoms with van der Waals surface area (Å²) in [5, 5.41) is 5.82. The summed E-state index contributed by atoms with van der Waals surface area (Å²) < 4.78 is 5.74. The molecule has 0 saturated heterocycles. The van der Waals surface area contributed by atoms with Gasteiger partial charge in [0.2, 0.25) is 5.88 Å². The fourth-order valence-electron chi connectivity index (χ4n) is 3.09. The number of aromatic nitrogens is 1. The number of carbonyl (C=O) groups excluding carboxylic acids is 1. The number of benzene rings is 2. The molecule has 144 valence electrons. The summed E-state index contributed by atoms with van der Waals surface area (Å²) in [6.45, 7) is 6.88. The lowest BCUT2D eigenvalue weighted by Gasteiger charge is -2.14. The van der Waals surface area contributed by atoms with E-state index in [1.165, 1.54) is 5.56 Å². The van der Waals surface area contributed by atoms with Gasteiger partial charge in [-0.25, -0.2) is 9.78 Å². The van der Waals surface area contributed by atoms with Gasteiger partial charge in [0.15, 0.2) is 0 Å². The Kier molecular flexibility index (Phi) is 6.27. The number of anilines is 1. The van der Waals surface area contributed by atoms with Gasteiger partial charge in [0, 0.05) is 24.5 Å². The van der Waals surface area contributed by atoms with Gasteiger partial charge in [-0.2, -0.15) is 0 Å². The monoisotopic (exact) mass is 375 g/mol. The highest BCUT2D eigenvalue weighted by atomic mass is 16.5. The first-order valence-electron chi connectivity index (χ1n) is 9.25. The second-order valence-corrected chi connectivity index (χ2v) is 6.86. The second kappa shape index (κ2) is 9.04. The van der Waals surface area contributed by atoms with Crippen LogP contribution in [-0.4, -0.2) is 11.0 Å². The molecule has 0 fully saturated rings. The van der Waals surface area contributed by atoms with Crippen LogP contribution >= 0.6 is 0 Å². The molecule has 1 aromatic heterocycles. The van der Waals surface area contributed by atoms with Crippen LogP contribution in [0.25, 0.3) is 0 Å². The van der Waals surface area contributed by atoms with Crippen molar-refractivity contribution in [3.63, 3.8) is 0 Å². The van der Waals surface area contributed by atoms with Crippen LogP contribution in [0.4, 0.5) is 10.5 Å². The van der Waals surface area contributed by atoms with Crippen LogP contribution in [-0.2, 0) is 13.2 Å². The maximum atomic E-state index is 12.3. The number of rotatable bonds is 6. The zero-order valence-electron chi connectivity index (χ0n) is 16.5. The first kappa shape index (κ1) is 19.4. The fourth-order valence-corrected chi connectivity index (χ4v) is 3.09. The Bertz CT molecular complexity index is 932. The maximum Gasteiger partial charge on any atom is 0.319 e. The van der Waals surface area contributed by atoms with Crippen molar-refractivity contribution in [2.45, 2.75) is 33.9 Å². The number of aryl methyl sites for hydroxylation is 3. The number of pyridine rings is 1. The Labute approximate surface area is 165 Å². The normalized spacial score (nSPS) is 10.4. The number of carbonyl (C=O) groups is 1. The van der Waals surface area contributed by atoms with E-state index in [1.807, 2.05) is 63.2 Å². The lowest BCUT2D eigenvalue weighted by Crippen LogP contribution is -2.28. The van der Waals surface area contributed by atoms with Gasteiger partial charge in [0.05, 0.1) is 0 Å². The van der Waals surface area contributed by atoms with E-state index >= 15 is 0 Å². The minimum Gasteiger partial charge on any atom is -0.473 e. The highest BCUT2D eigenvalue weighted by Crippen LogP contribution is 2.21. The average molecular weight is 375 g/mol. The molecule has 5 nitrogen and oxygen atoms in total. The number of nitrogens with one attached hydrogen (secondary N) is 2. The van der Waals surface area contributed by atoms with Crippen molar-refractivity contribution in [1.82, 2.24) is 10.3 Å². The first-order valence-corrected chi connectivity index (χ1v) is 9.25. The molecule has 0 aliphatic carbocycles. The molecule has 0 aliphatic rings. The second-order valence-electron chi connectivity index (χ2n) is 6.86. The predicted molar refractivity (Wildman–Crippen MR) is 112 cm³/mol. The van der Waals surface area contributed by atoms with Gasteiger partial charge < -0.3 is 15.4 Å². The van der Waals surface area contributed by atoms with E-state index in [9.17, 15) is 4.79 Å². The Balaban J connectivity index is 1.55. The van der Waals surface area contributed by atoms with Crippen LogP contribution in [0.15, 0.2) is 60.8 Å². The molecule has 0 aliphatic heterocycles. The van der Waals surface area contributed by atoms with Crippen molar-refractivity contribution in [3.05, 3.63) is 88.6 Å². The zero-order chi connectivity index (χ0) is 19.9. The molecule has 0 radical (unpaired) electrons. The Morgan fingerprint density at radius 1 is 0.964 bits per heavy atom. The molecule has 2 N–H and O–H groups in total. The largest absolute Gasteiger partial charge is 0.473 e. The standard InChI is InChI=1S/C23H25N3O2/c1-16-11-17(2)22(18(3)12-16)26-23(27)25-14-20-9-10-24-21(13-20)28-15-19-7-5-4-6-8-19/h4-13H,14-15H2,1-3H3,(H2,25,26,27). The average Bonchev–Trinajstić information content (AvgIpc) is 2.69. The molecule has 5 heteroatoms. The number of urea groups is 1. The first-order chi connectivity index (χ1) is 13.5. The molecule has 0 bridgehead atoms. The summed E-state index contributed by atoms with van der Waals surface area (Å²) in [5.74, 6) is 0.536. The molecule has 1 heterocycles. The van der Waals surface area contributed by atoms with Crippen LogP contribution in [0.5, 0.6) is 5.88 Å². The quantitative estimate of drug-likeness (QED) is 0.644. The van der Waals surface area contributed by atoms with Crippen molar-refractivity contribution < 1.29 is 9.53 Å². The van der Waals surface area contributed by atoms with Crippen molar-refractivity contribution in [3.8, 4) is 5.88 Å². The van der Waals surface area contributed by atoms with Crippen LogP contribution in [0.2, 0.25) is 0 Å². The maximum absolute atomic E-state index is 12.3. The molecule has 2 aromatic carbocycles. The molecular formula is C23H25N3O2. The lowest BCUT2D eigenvalue weighted by molar-refractivity contribution is 0.251. The van der Waals surface area contributed by atoms with E-state index in [-0.39, 0.29) is 6.03 Å². The SMILES string of the molecule is Cc1cc(C)c(NC(=O)NCc2ccnc(OCc3ccccc3)c2)c(C)c1.